The van der Waals surface area contributed by atoms with Crippen molar-refractivity contribution in [1.82, 2.24) is 10.2 Å². The molecule has 2 heterocycles. The molecule has 2 amide bonds. The van der Waals surface area contributed by atoms with Gasteiger partial charge in [0.2, 0.25) is 11.8 Å². The van der Waals surface area contributed by atoms with E-state index in [1.807, 2.05) is 20.8 Å². The van der Waals surface area contributed by atoms with Crippen LogP contribution in [0.4, 0.5) is 0 Å². The highest BCUT2D eigenvalue weighted by Crippen LogP contribution is 2.47. The van der Waals surface area contributed by atoms with Crippen LogP contribution in [-0.4, -0.2) is 51.1 Å². The number of carbonyl (C=O) groups excluding carboxylic acids is 2. The Kier molecular flexibility index (Phi) is 4.11. The zero-order valence-electron chi connectivity index (χ0n) is 11.7. The number of aliphatic hydroxyl groups excluding tert-OH is 1. The van der Waals surface area contributed by atoms with Crippen molar-refractivity contribution >= 4 is 23.6 Å². The number of fused-ring (bicyclic) bond motifs is 1. The van der Waals surface area contributed by atoms with Crippen molar-refractivity contribution in [3.63, 3.8) is 0 Å². The molecule has 2 aliphatic heterocycles. The summed E-state index contributed by atoms with van der Waals surface area (Å²) in [6.07, 6.45) is 0.801. The van der Waals surface area contributed by atoms with Gasteiger partial charge in [0.1, 0.15) is 6.04 Å². The van der Waals surface area contributed by atoms with E-state index < -0.39 is 6.10 Å². The Labute approximate surface area is 118 Å². The molecule has 0 bridgehead atoms. The summed E-state index contributed by atoms with van der Waals surface area (Å²) in [5.74, 6) is 0.673. The van der Waals surface area contributed by atoms with Gasteiger partial charge in [-0.1, -0.05) is 13.8 Å². The van der Waals surface area contributed by atoms with Crippen molar-refractivity contribution in [2.75, 3.05) is 12.3 Å². The van der Waals surface area contributed by atoms with E-state index >= 15 is 0 Å². The third-order valence-electron chi connectivity index (χ3n) is 4.00. The predicted octanol–water partition coefficient (Wildman–Crippen LogP) is 0.573. The standard InChI is InChI=1S/C13H22N2O3S/c1-8(2)10(16)6-14-12(18)9-7-19-13(3)5-4-11(17)15(9)13/h8-10,16H,4-7H2,1-3H3,(H,14,18). The number of rotatable bonds is 4. The van der Waals surface area contributed by atoms with Crippen molar-refractivity contribution < 1.29 is 14.7 Å². The van der Waals surface area contributed by atoms with Crippen LogP contribution in [0.3, 0.4) is 0 Å². The monoisotopic (exact) mass is 286 g/mol. The fourth-order valence-corrected chi connectivity index (χ4v) is 4.01. The van der Waals surface area contributed by atoms with Gasteiger partial charge in [-0.05, 0) is 19.3 Å². The van der Waals surface area contributed by atoms with E-state index in [0.29, 0.717) is 12.2 Å². The average Bonchev–Trinajstić information content (AvgIpc) is 2.83. The second-order valence-corrected chi connectivity index (χ2v) is 7.32. The second-order valence-electron chi connectivity index (χ2n) is 5.82. The molecular formula is C13H22N2O3S. The summed E-state index contributed by atoms with van der Waals surface area (Å²) in [5, 5.41) is 12.5. The SMILES string of the molecule is CC(C)C(O)CNC(=O)C1CSC2(C)CCC(=O)N12. The lowest BCUT2D eigenvalue weighted by atomic mass is 10.1. The number of aliphatic hydroxyl groups is 1. The fourth-order valence-electron chi connectivity index (χ4n) is 2.57. The summed E-state index contributed by atoms with van der Waals surface area (Å²) in [7, 11) is 0. The highest BCUT2D eigenvalue weighted by atomic mass is 32.2. The molecule has 3 atom stereocenters. The van der Waals surface area contributed by atoms with Crippen LogP contribution in [0.2, 0.25) is 0 Å². The maximum absolute atomic E-state index is 12.2. The highest BCUT2D eigenvalue weighted by molar-refractivity contribution is 8.01. The van der Waals surface area contributed by atoms with Crippen molar-refractivity contribution in [3.05, 3.63) is 0 Å². The van der Waals surface area contributed by atoms with Gasteiger partial charge in [-0.25, -0.2) is 0 Å². The molecule has 0 spiro atoms. The third kappa shape index (κ3) is 2.74. The topological polar surface area (TPSA) is 69.6 Å². The summed E-state index contributed by atoms with van der Waals surface area (Å²) >= 11 is 1.68. The average molecular weight is 286 g/mol. The van der Waals surface area contributed by atoms with Gasteiger partial charge in [0.25, 0.3) is 0 Å². The van der Waals surface area contributed by atoms with Crippen LogP contribution in [0.15, 0.2) is 0 Å². The molecule has 108 valence electrons. The molecule has 3 unspecified atom stereocenters. The van der Waals surface area contributed by atoms with Gasteiger partial charge in [0.15, 0.2) is 0 Å². The zero-order chi connectivity index (χ0) is 14.2. The largest absolute Gasteiger partial charge is 0.391 e. The summed E-state index contributed by atoms with van der Waals surface area (Å²) in [4.78, 5) is 25.6. The molecule has 0 saturated carbocycles. The Balaban J connectivity index is 1.95. The number of amides is 2. The molecule has 2 rings (SSSR count). The summed E-state index contributed by atoms with van der Waals surface area (Å²) < 4.78 is 0. The van der Waals surface area contributed by atoms with Crippen LogP contribution in [0, 0.1) is 5.92 Å². The molecule has 2 N–H and O–H groups in total. The minimum absolute atomic E-state index is 0.0667. The zero-order valence-corrected chi connectivity index (χ0v) is 12.5. The Morgan fingerprint density at radius 2 is 2.32 bits per heavy atom. The predicted molar refractivity (Wildman–Crippen MR) is 74.6 cm³/mol. The van der Waals surface area contributed by atoms with Gasteiger partial charge >= 0.3 is 0 Å². The van der Waals surface area contributed by atoms with Gasteiger partial charge in [0, 0.05) is 18.7 Å². The van der Waals surface area contributed by atoms with Gasteiger partial charge in [-0.15, -0.1) is 11.8 Å². The number of carbonyl (C=O) groups is 2. The summed E-state index contributed by atoms with van der Waals surface area (Å²) in [6.45, 7) is 6.09. The normalized spacial score (nSPS) is 31.7. The van der Waals surface area contributed by atoms with Crippen LogP contribution in [0.25, 0.3) is 0 Å². The number of thioether (sulfide) groups is 1. The van der Waals surface area contributed by atoms with E-state index in [2.05, 4.69) is 5.32 Å². The van der Waals surface area contributed by atoms with Crippen LogP contribution in [0.1, 0.15) is 33.6 Å². The Morgan fingerprint density at radius 1 is 1.63 bits per heavy atom. The fraction of sp³-hybridized carbons (Fsp3) is 0.846. The van der Waals surface area contributed by atoms with Gasteiger partial charge in [-0.3, -0.25) is 9.59 Å². The molecule has 2 fully saturated rings. The van der Waals surface area contributed by atoms with E-state index in [1.165, 1.54) is 0 Å². The maximum Gasteiger partial charge on any atom is 0.243 e. The van der Waals surface area contributed by atoms with Gasteiger partial charge < -0.3 is 15.3 Å². The van der Waals surface area contributed by atoms with Gasteiger partial charge in [0.05, 0.1) is 11.0 Å². The van der Waals surface area contributed by atoms with E-state index in [4.69, 9.17) is 0 Å². The first-order valence-electron chi connectivity index (χ1n) is 6.77. The van der Waals surface area contributed by atoms with Crippen LogP contribution in [0.5, 0.6) is 0 Å². The number of hydrogen-bond donors (Lipinski definition) is 2. The molecule has 2 saturated heterocycles. The van der Waals surface area contributed by atoms with Crippen LogP contribution in [-0.2, 0) is 9.59 Å². The molecule has 0 aliphatic carbocycles. The number of hydrogen-bond acceptors (Lipinski definition) is 4. The lowest BCUT2D eigenvalue weighted by Crippen LogP contribution is -2.51. The Morgan fingerprint density at radius 3 is 2.95 bits per heavy atom. The molecule has 19 heavy (non-hydrogen) atoms. The van der Waals surface area contributed by atoms with E-state index in [0.717, 1.165) is 6.42 Å². The van der Waals surface area contributed by atoms with Crippen molar-refractivity contribution in [2.24, 2.45) is 5.92 Å². The van der Waals surface area contributed by atoms with Gasteiger partial charge in [-0.2, -0.15) is 0 Å². The second kappa shape index (κ2) is 5.32. The minimum Gasteiger partial charge on any atom is -0.391 e. The molecule has 2 aliphatic rings. The molecular weight excluding hydrogens is 264 g/mol. The van der Waals surface area contributed by atoms with Crippen molar-refractivity contribution in [1.29, 1.82) is 0 Å². The van der Waals surface area contributed by atoms with Crippen LogP contribution >= 0.6 is 11.8 Å². The van der Waals surface area contributed by atoms with Crippen molar-refractivity contribution in [3.8, 4) is 0 Å². The van der Waals surface area contributed by atoms with Crippen LogP contribution < -0.4 is 5.32 Å². The molecule has 0 aromatic rings. The maximum atomic E-state index is 12.2. The molecule has 0 aromatic heterocycles. The lowest BCUT2D eigenvalue weighted by molar-refractivity contribution is -0.138. The summed E-state index contributed by atoms with van der Waals surface area (Å²) in [5.41, 5.74) is 0. The van der Waals surface area contributed by atoms with Crippen molar-refractivity contribution in [2.45, 2.75) is 50.6 Å². The van der Waals surface area contributed by atoms with E-state index in [1.54, 1.807) is 16.7 Å². The minimum atomic E-state index is -0.543. The first kappa shape index (κ1) is 14.7. The Bertz CT molecular complexity index is 388. The summed E-state index contributed by atoms with van der Waals surface area (Å²) in [6, 6.07) is -0.385. The highest BCUT2D eigenvalue weighted by Gasteiger charge is 2.52. The quantitative estimate of drug-likeness (QED) is 0.793. The van der Waals surface area contributed by atoms with E-state index in [9.17, 15) is 14.7 Å². The molecule has 0 radical (unpaired) electrons. The number of nitrogens with zero attached hydrogens (tertiary/aromatic N) is 1. The first-order valence-corrected chi connectivity index (χ1v) is 7.75. The smallest absolute Gasteiger partial charge is 0.243 e. The third-order valence-corrected chi connectivity index (χ3v) is 5.51. The molecule has 5 nitrogen and oxygen atoms in total. The van der Waals surface area contributed by atoms with E-state index in [-0.39, 0.29) is 35.2 Å². The number of nitrogens with one attached hydrogen (secondary N) is 1. The first-order chi connectivity index (χ1) is 8.85. The molecule has 0 aromatic carbocycles. The Hall–Kier alpha value is -0.750. The lowest BCUT2D eigenvalue weighted by Gasteiger charge is -2.30. The molecule has 6 heteroatoms.